The Bertz CT molecular complexity index is 691. The zero-order chi connectivity index (χ0) is 14.9. The van der Waals surface area contributed by atoms with Gasteiger partial charge in [0.2, 0.25) is 5.91 Å². The van der Waals surface area contributed by atoms with Gasteiger partial charge in [0.15, 0.2) is 0 Å². The fourth-order valence-electron chi connectivity index (χ4n) is 1.88. The molecule has 1 heterocycles. The molecule has 6 nitrogen and oxygen atoms in total. The Labute approximate surface area is 124 Å². The summed E-state index contributed by atoms with van der Waals surface area (Å²) in [5, 5.41) is 2.78. The molecule has 0 spiro atoms. The molecule has 0 saturated carbocycles. The van der Waals surface area contributed by atoms with Crippen LogP contribution in [0, 0.1) is 5.92 Å². The van der Waals surface area contributed by atoms with E-state index in [0.717, 1.165) is 6.42 Å². The average molecular weight is 341 g/mol. The Morgan fingerprint density at radius 3 is 2.60 bits per heavy atom. The van der Waals surface area contributed by atoms with E-state index < -0.39 is 6.04 Å². The molecule has 0 aliphatic heterocycles. The Hall–Kier alpha value is -1.60. The number of fused-ring (bicyclic) bond motifs is 1. The Morgan fingerprint density at radius 2 is 2.00 bits per heavy atom. The van der Waals surface area contributed by atoms with Crippen LogP contribution in [0.25, 0.3) is 11.0 Å². The molecule has 0 fully saturated rings. The number of halogens is 1. The van der Waals surface area contributed by atoms with Gasteiger partial charge in [0.25, 0.3) is 0 Å². The molecule has 108 valence electrons. The highest BCUT2D eigenvalue weighted by Gasteiger charge is 2.20. The van der Waals surface area contributed by atoms with E-state index in [-0.39, 0.29) is 17.5 Å². The van der Waals surface area contributed by atoms with Crippen LogP contribution in [0.3, 0.4) is 0 Å². The highest BCUT2D eigenvalue weighted by Crippen LogP contribution is 2.26. The molecule has 1 aromatic carbocycles. The third-order valence-electron chi connectivity index (χ3n) is 3.42. The number of nitrogens with one attached hydrogen (secondary N) is 3. The van der Waals surface area contributed by atoms with E-state index in [2.05, 4.69) is 31.2 Å². The van der Waals surface area contributed by atoms with Crippen molar-refractivity contribution in [1.29, 1.82) is 0 Å². The highest BCUT2D eigenvalue weighted by atomic mass is 79.9. The number of imidazole rings is 1. The number of amides is 1. The van der Waals surface area contributed by atoms with E-state index in [9.17, 15) is 9.59 Å². The summed E-state index contributed by atoms with van der Waals surface area (Å²) in [6, 6.07) is 2.86. The molecule has 0 aliphatic carbocycles. The van der Waals surface area contributed by atoms with Crippen molar-refractivity contribution in [2.24, 2.45) is 11.7 Å². The predicted molar refractivity (Wildman–Crippen MR) is 82.7 cm³/mol. The summed E-state index contributed by atoms with van der Waals surface area (Å²) in [5.41, 5.74) is 7.49. The number of carbonyl (C=O) groups excluding carboxylic acids is 1. The molecule has 1 unspecified atom stereocenters. The summed E-state index contributed by atoms with van der Waals surface area (Å²) in [4.78, 5) is 28.6. The zero-order valence-corrected chi connectivity index (χ0v) is 12.9. The average Bonchev–Trinajstić information content (AvgIpc) is 2.76. The number of hydrogen-bond acceptors (Lipinski definition) is 3. The second-order valence-corrected chi connectivity index (χ2v) is 5.71. The molecule has 0 saturated heterocycles. The van der Waals surface area contributed by atoms with Crippen LogP contribution in [0.1, 0.15) is 20.3 Å². The number of rotatable bonds is 4. The van der Waals surface area contributed by atoms with Crippen molar-refractivity contribution in [1.82, 2.24) is 9.97 Å². The topological polar surface area (TPSA) is 104 Å². The van der Waals surface area contributed by atoms with Gasteiger partial charge in [0, 0.05) is 4.47 Å². The first-order valence-corrected chi connectivity index (χ1v) is 7.19. The molecule has 2 rings (SSSR count). The SMILES string of the molecule is CCC(C)[C@H](N)C(=O)Nc1cc2[nH]c(=O)[nH]c2cc1Br. The monoisotopic (exact) mass is 340 g/mol. The summed E-state index contributed by atoms with van der Waals surface area (Å²) in [6.07, 6.45) is 0.833. The largest absolute Gasteiger partial charge is 0.324 e. The van der Waals surface area contributed by atoms with E-state index in [1.54, 1.807) is 12.1 Å². The number of aromatic nitrogens is 2. The number of nitrogens with two attached hydrogens (primary N) is 1. The Morgan fingerprint density at radius 1 is 1.40 bits per heavy atom. The van der Waals surface area contributed by atoms with Crippen molar-refractivity contribution in [3.05, 3.63) is 27.1 Å². The fourth-order valence-corrected chi connectivity index (χ4v) is 2.32. The Balaban J connectivity index is 2.27. The van der Waals surface area contributed by atoms with Crippen LogP contribution in [0.5, 0.6) is 0 Å². The third-order valence-corrected chi connectivity index (χ3v) is 4.08. The molecule has 2 atom stereocenters. The minimum atomic E-state index is -0.562. The van der Waals surface area contributed by atoms with Gasteiger partial charge in [0.05, 0.1) is 22.8 Å². The second-order valence-electron chi connectivity index (χ2n) is 4.86. The first-order chi connectivity index (χ1) is 9.42. The number of H-pyrrole nitrogens is 2. The molecular formula is C13H17BrN4O2. The van der Waals surface area contributed by atoms with Crippen LogP contribution in [-0.4, -0.2) is 21.9 Å². The van der Waals surface area contributed by atoms with Crippen molar-refractivity contribution < 1.29 is 4.79 Å². The molecule has 2 aromatic rings. The van der Waals surface area contributed by atoms with Crippen molar-refractivity contribution in [3.63, 3.8) is 0 Å². The van der Waals surface area contributed by atoms with Crippen molar-refractivity contribution in [2.75, 3.05) is 5.32 Å². The number of hydrogen-bond donors (Lipinski definition) is 4. The number of anilines is 1. The molecular weight excluding hydrogens is 324 g/mol. The van der Waals surface area contributed by atoms with Gasteiger partial charge in [0.1, 0.15) is 0 Å². The smallest absolute Gasteiger partial charge is 0.323 e. The molecule has 0 bridgehead atoms. The maximum Gasteiger partial charge on any atom is 0.323 e. The number of benzene rings is 1. The van der Waals surface area contributed by atoms with E-state index in [1.165, 1.54) is 0 Å². The molecule has 5 N–H and O–H groups in total. The quantitative estimate of drug-likeness (QED) is 0.683. The van der Waals surface area contributed by atoms with Gasteiger partial charge < -0.3 is 21.0 Å². The lowest BCUT2D eigenvalue weighted by atomic mass is 9.99. The van der Waals surface area contributed by atoms with Gasteiger partial charge >= 0.3 is 5.69 Å². The van der Waals surface area contributed by atoms with Gasteiger partial charge in [-0.1, -0.05) is 20.3 Å². The standard InChI is InChI=1S/C13H17BrN4O2/c1-3-6(2)11(15)12(19)16-8-5-10-9(4-7(8)14)17-13(20)18-10/h4-6,11H,3,15H2,1-2H3,(H,16,19)(H2,17,18,20)/t6?,11-/m0/s1. The van der Waals surface area contributed by atoms with Gasteiger partial charge in [-0.3, -0.25) is 4.79 Å². The van der Waals surface area contributed by atoms with E-state index in [4.69, 9.17) is 5.73 Å². The predicted octanol–water partition coefficient (Wildman–Crippen LogP) is 1.93. The van der Waals surface area contributed by atoms with Gasteiger partial charge in [-0.2, -0.15) is 0 Å². The van der Waals surface area contributed by atoms with Crippen LogP contribution >= 0.6 is 15.9 Å². The van der Waals surface area contributed by atoms with Gasteiger partial charge in [-0.05, 0) is 34.0 Å². The molecule has 7 heteroatoms. The third kappa shape index (κ3) is 2.94. The van der Waals surface area contributed by atoms with Crippen molar-refractivity contribution in [3.8, 4) is 0 Å². The summed E-state index contributed by atoms with van der Waals surface area (Å²) < 4.78 is 0.685. The van der Waals surface area contributed by atoms with Crippen molar-refractivity contribution in [2.45, 2.75) is 26.3 Å². The van der Waals surface area contributed by atoms with Crippen LogP contribution in [0.4, 0.5) is 5.69 Å². The molecule has 20 heavy (non-hydrogen) atoms. The minimum Gasteiger partial charge on any atom is -0.324 e. The normalized spacial score (nSPS) is 14.2. The molecule has 1 aromatic heterocycles. The lowest BCUT2D eigenvalue weighted by molar-refractivity contribution is -0.118. The molecule has 1 amide bonds. The molecule has 0 aliphatic rings. The maximum absolute atomic E-state index is 12.1. The van der Waals surface area contributed by atoms with Gasteiger partial charge in [-0.25, -0.2) is 4.79 Å². The fraction of sp³-hybridized carbons (Fsp3) is 0.385. The summed E-state index contributed by atoms with van der Waals surface area (Å²) in [5.74, 6) is -0.137. The van der Waals surface area contributed by atoms with Crippen molar-refractivity contribution >= 4 is 38.6 Å². The minimum absolute atomic E-state index is 0.101. The van der Waals surface area contributed by atoms with Crippen LogP contribution in [-0.2, 0) is 4.79 Å². The summed E-state index contributed by atoms with van der Waals surface area (Å²) in [6.45, 7) is 3.93. The van der Waals surface area contributed by atoms with E-state index in [1.807, 2.05) is 13.8 Å². The lowest BCUT2D eigenvalue weighted by Crippen LogP contribution is -2.40. The van der Waals surface area contributed by atoms with Crippen LogP contribution in [0.15, 0.2) is 21.4 Å². The Kier molecular flexibility index (Phi) is 4.29. The molecule has 0 radical (unpaired) electrons. The zero-order valence-electron chi connectivity index (χ0n) is 11.3. The van der Waals surface area contributed by atoms with Gasteiger partial charge in [-0.15, -0.1) is 0 Å². The maximum atomic E-state index is 12.1. The second kappa shape index (κ2) is 5.80. The van der Waals surface area contributed by atoms with E-state index >= 15 is 0 Å². The summed E-state index contributed by atoms with van der Waals surface area (Å²) >= 11 is 3.37. The number of carbonyl (C=O) groups is 1. The van der Waals surface area contributed by atoms with E-state index in [0.29, 0.717) is 21.2 Å². The first-order valence-electron chi connectivity index (χ1n) is 6.40. The van der Waals surface area contributed by atoms with Crippen LogP contribution < -0.4 is 16.7 Å². The van der Waals surface area contributed by atoms with Crippen LogP contribution in [0.2, 0.25) is 0 Å². The first kappa shape index (κ1) is 14.8. The lowest BCUT2D eigenvalue weighted by Gasteiger charge is -2.18. The summed E-state index contributed by atoms with van der Waals surface area (Å²) in [7, 11) is 0. The number of aromatic amines is 2. The highest BCUT2D eigenvalue weighted by molar-refractivity contribution is 9.10.